The Hall–Kier alpha value is -0.900. The van der Waals surface area contributed by atoms with E-state index in [9.17, 15) is 0 Å². The molecule has 1 aromatic rings. The summed E-state index contributed by atoms with van der Waals surface area (Å²) in [7, 11) is 4.05. The van der Waals surface area contributed by atoms with Crippen molar-refractivity contribution in [2.45, 2.75) is 12.1 Å². The second kappa shape index (κ2) is 4.31. The van der Waals surface area contributed by atoms with Gasteiger partial charge in [-0.15, -0.1) is 0 Å². The molecule has 0 aliphatic carbocycles. The van der Waals surface area contributed by atoms with Crippen molar-refractivity contribution in [2.24, 2.45) is 0 Å². The van der Waals surface area contributed by atoms with Crippen molar-refractivity contribution in [3.05, 3.63) is 35.9 Å². The van der Waals surface area contributed by atoms with Crippen molar-refractivity contribution in [1.29, 1.82) is 0 Å². The van der Waals surface area contributed by atoms with Gasteiger partial charge in [-0.05, 0) is 19.7 Å². The van der Waals surface area contributed by atoms with Gasteiger partial charge in [-0.25, -0.2) is 0 Å². The van der Waals surface area contributed by atoms with Crippen LogP contribution in [0.3, 0.4) is 0 Å². The molecule has 1 aromatic carbocycles. The Morgan fingerprint density at radius 2 is 2.00 bits per heavy atom. The van der Waals surface area contributed by atoms with Crippen molar-refractivity contribution >= 4 is 0 Å². The lowest BCUT2D eigenvalue weighted by molar-refractivity contribution is -0.0938. The van der Waals surface area contributed by atoms with Crippen LogP contribution in [0.15, 0.2) is 30.3 Å². The largest absolute Gasteiger partial charge is 0.351 e. The standard InChI is InChI=1S/C12H17NO2/c1-13(2)12(9-14-10-15-12)8-11-6-4-3-5-7-11/h3-7H,8-10H2,1-2H3. The van der Waals surface area contributed by atoms with Crippen molar-refractivity contribution in [1.82, 2.24) is 4.90 Å². The number of benzene rings is 1. The zero-order valence-electron chi connectivity index (χ0n) is 9.27. The average molecular weight is 207 g/mol. The molecule has 0 N–H and O–H groups in total. The number of hydrogen-bond donors (Lipinski definition) is 0. The van der Waals surface area contributed by atoms with Crippen LogP contribution < -0.4 is 0 Å². The van der Waals surface area contributed by atoms with E-state index in [-0.39, 0.29) is 5.72 Å². The van der Waals surface area contributed by atoms with Crippen LogP contribution in [0.5, 0.6) is 0 Å². The maximum atomic E-state index is 5.71. The van der Waals surface area contributed by atoms with E-state index in [0.717, 1.165) is 6.42 Å². The first-order valence-corrected chi connectivity index (χ1v) is 5.16. The summed E-state index contributed by atoms with van der Waals surface area (Å²) in [5.74, 6) is 0. The van der Waals surface area contributed by atoms with Gasteiger partial charge >= 0.3 is 0 Å². The third kappa shape index (κ3) is 2.20. The quantitative estimate of drug-likeness (QED) is 0.749. The van der Waals surface area contributed by atoms with Crippen molar-refractivity contribution in [3.63, 3.8) is 0 Å². The van der Waals surface area contributed by atoms with Gasteiger partial charge in [-0.3, -0.25) is 4.90 Å². The molecule has 15 heavy (non-hydrogen) atoms. The van der Waals surface area contributed by atoms with E-state index in [2.05, 4.69) is 29.2 Å². The van der Waals surface area contributed by atoms with Crippen LogP contribution in [0, 0.1) is 0 Å². The molecule has 0 saturated carbocycles. The summed E-state index contributed by atoms with van der Waals surface area (Å²) in [4.78, 5) is 2.09. The van der Waals surface area contributed by atoms with Crippen molar-refractivity contribution in [2.75, 3.05) is 27.5 Å². The Morgan fingerprint density at radius 1 is 1.27 bits per heavy atom. The van der Waals surface area contributed by atoms with Gasteiger partial charge < -0.3 is 9.47 Å². The van der Waals surface area contributed by atoms with Crippen LogP contribution in [-0.4, -0.2) is 38.1 Å². The fraction of sp³-hybridized carbons (Fsp3) is 0.500. The highest BCUT2D eigenvalue weighted by Gasteiger charge is 2.38. The molecule has 1 fully saturated rings. The van der Waals surface area contributed by atoms with Crippen molar-refractivity contribution < 1.29 is 9.47 Å². The third-order valence-electron chi connectivity index (χ3n) is 2.88. The first-order valence-electron chi connectivity index (χ1n) is 5.16. The molecular formula is C12H17NO2. The molecule has 1 saturated heterocycles. The van der Waals surface area contributed by atoms with E-state index < -0.39 is 0 Å². The van der Waals surface area contributed by atoms with Crippen LogP contribution in [-0.2, 0) is 15.9 Å². The van der Waals surface area contributed by atoms with Crippen LogP contribution in [0.2, 0.25) is 0 Å². The van der Waals surface area contributed by atoms with E-state index in [1.54, 1.807) is 0 Å². The smallest absolute Gasteiger partial charge is 0.151 e. The number of likely N-dealkylation sites (N-methyl/N-ethyl adjacent to an activating group) is 1. The second-order valence-electron chi connectivity index (χ2n) is 4.11. The normalized spacial score (nSPS) is 26.1. The molecule has 0 aromatic heterocycles. The maximum absolute atomic E-state index is 5.71. The van der Waals surface area contributed by atoms with Crippen LogP contribution >= 0.6 is 0 Å². The molecule has 0 radical (unpaired) electrons. The Labute approximate surface area is 90.6 Å². The molecule has 1 heterocycles. The van der Waals surface area contributed by atoms with Crippen LogP contribution in [0.1, 0.15) is 5.56 Å². The average Bonchev–Trinajstić information content (AvgIpc) is 2.69. The Balaban J connectivity index is 2.14. The molecule has 1 aliphatic heterocycles. The Morgan fingerprint density at radius 3 is 2.53 bits per heavy atom. The molecule has 3 heteroatoms. The number of rotatable bonds is 3. The second-order valence-corrected chi connectivity index (χ2v) is 4.11. The molecule has 1 aliphatic rings. The third-order valence-corrected chi connectivity index (χ3v) is 2.88. The lowest BCUT2D eigenvalue weighted by Gasteiger charge is -2.33. The fourth-order valence-electron chi connectivity index (χ4n) is 1.83. The van der Waals surface area contributed by atoms with Crippen molar-refractivity contribution in [3.8, 4) is 0 Å². The highest BCUT2D eigenvalue weighted by Crippen LogP contribution is 2.25. The summed E-state index contributed by atoms with van der Waals surface area (Å²) in [6.45, 7) is 1.03. The lowest BCUT2D eigenvalue weighted by atomic mass is 10.0. The van der Waals surface area contributed by atoms with Gasteiger partial charge in [-0.1, -0.05) is 30.3 Å². The number of ether oxygens (including phenoxy) is 2. The summed E-state index contributed by atoms with van der Waals surface area (Å²) in [6, 6.07) is 10.4. The summed E-state index contributed by atoms with van der Waals surface area (Å²) < 4.78 is 11.0. The molecule has 82 valence electrons. The number of hydrogen-bond acceptors (Lipinski definition) is 3. The monoisotopic (exact) mass is 207 g/mol. The minimum Gasteiger partial charge on any atom is -0.351 e. The van der Waals surface area contributed by atoms with E-state index in [1.165, 1.54) is 5.56 Å². The van der Waals surface area contributed by atoms with Gasteiger partial charge in [0.25, 0.3) is 0 Å². The number of nitrogens with zero attached hydrogens (tertiary/aromatic N) is 1. The van der Waals surface area contributed by atoms with Gasteiger partial charge in [0.1, 0.15) is 6.79 Å². The SMILES string of the molecule is CN(C)C1(Cc2ccccc2)COCO1. The van der Waals surface area contributed by atoms with Gasteiger partial charge in [0.2, 0.25) is 0 Å². The molecule has 0 bridgehead atoms. The van der Waals surface area contributed by atoms with E-state index >= 15 is 0 Å². The molecule has 1 unspecified atom stereocenters. The first kappa shape index (κ1) is 10.6. The van der Waals surface area contributed by atoms with E-state index in [0.29, 0.717) is 13.4 Å². The van der Waals surface area contributed by atoms with Gasteiger partial charge in [0, 0.05) is 6.42 Å². The van der Waals surface area contributed by atoms with Crippen LogP contribution in [0.4, 0.5) is 0 Å². The van der Waals surface area contributed by atoms with Gasteiger partial charge in [0.15, 0.2) is 5.72 Å². The molecular weight excluding hydrogens is 190 g/mol. The highest BCUT2D eigenvalue weighted by molar-refractivity contribution is 5.17. The Kier molecular flexibility index (Phi) is 3.05. The van der Waals surface area contributed by atoms with Crippen LogP contribution in [0.25, 0.3) is 0 Å². The predicted molar refractivity (Wildman–Crippen MR) is 58.5 cm³/mol. The molecule has 3 nitrogen and oxygen atoms in total. The summed E-state index contributed by atoms with van der Waals surface area (Å²) >= 11 is 0. The molecule has 1 atom stereocenters. The first-order chi connectivity index (χ1) is 7.23. The Bertz CT molecular complexity index is 305. The zero-order chi connectivity index (χ0) is 10.7. The maximum Gasteiger partial charge on any atom is 0.151 e. The fourth-order valence-corrected chi connectivity index (χ4v) is 1.83. The minimum atomic E-state index is -0.290. The highest BCUT2D eigenvalue weighted by atomic mass is 16.7. The summed E-state index contributed by atoms with van der Waals surface area (Å²) in [6.07, 6.45) is 0.862. The topological polar surface area (TPSA) is 21.7 Å². The molecule has 2 rings (SSSR count). The summed E-state index contributed by atoms with van der Waals surface area (Å²) in [5.41, 5.74) is 0.984. The van der Waals surface area contributed by atoms with E-state index in [4.69, 9.17) is 9.47 Å². The minimum absolute atomic E-state index is 0.290. The van der Waals surface area contributed by atoms with Gasteiger partial charge in [-0.2, -0.15) is 0 Å². The zero-order valence-corrected chi connectivity index (χ0v) is 9.27. The molecule has 0 amide bonds. The van der Waals surface area contributed by atoms with Gasteiger partial charge in [0.05, 0.1) is 6.61 Å². The van der Waals surface area contributed by atoms with E-state index in [1.807, 2.05) is 20.2 Å². The summed E-state index contributed by atoms with van der Waals surface area (Å²) in [5, 5.41) is 0. The molecule has 0 spiro atoms. The lowest BCUT2D eigenvalue weighted by Crippen LogP contribution is -2.48. The predicted octanol–water partition coefficient (Wildman–Crippen LogP) is 1.49.